The first-order valence-corrected chi connectivity index (χ1v) is 12.0. The van der Waals surface area contributed by atoms with Gasteiger partial charge in [0.15, 0.2) is 11.5 Å². The lowest BCUT2D eigenvalue weighted by Crippen LogP contribution is -2.24. The lowest BCUT2D eigenvalue weighted by Gasteiger charge is -2.36. The summed E-state index contributed by atoms with van der Waals surface area (Å²) in [4.78, 5) is 0. The second-order valence-electron chi connectivity index (χ2n) is 9.75. The van der Waals surface area contributed by atoms with Gasteiger partial charge in [-0.05, 0) is 79.9 Å². The average molecular weight is 419 g/mol. The molecule has 0 aliphatic heterocycles. The van der Waals surface area contributed by atoms with Crippen LogP contribution >= 0.6 is 0 Å². The molecular formula is C26H36F2O2. The van der Waals surface area contributed by atoms with Crippen molar-refractivity contribution in [1.29, 1.82) is 0 Å². The molecule has 1 aromatic carbocycles. The van der Waals surface area contributed by atoms with Crippen molar-refractivity contribution in [3.8, 4) is 11.5 Å². The molecular weight excluding hydrogens is 382 g/mol. The zero-order chi connectivity index (χ0) is 20.9. The summed E-state index contributed by atoms with van der Waals surface area (Å²) in [6, 6.07) is 2.84. The van der Waals surface area contributed by atoms with Crippen LogP contribution in [0.15, 0.2) is 23.8 Å². The predicted octanol–water partition coefficient (Wildman–Crippen LogP) is 7.47. The molecule has 30 heavy (non-hydrogen) atoms. The van der Waals surface area contributed by atoms with Crippen molar-refractivity contribution in [3.63, 3.8) is 0 Å². The van der Waals surface area contributed by atoms with Gasteiger partial charge in [0.2, 0.25) is 11.6 Å². The molecule has 0 heterocycles. The molecule has 0 aromatic heterocycles. The molecule has 2 saturated carbocycles. The Morgan fingerprint density at radius 2 is 1.50 bits per heavy atom. The average Bonchev–Trinajstić information content (AvgIpc) is 3.29. The fraction of sp³-hybridized carbons (Fsp3) is 0.692. The van der Waals surface area contributed by atoms with Crippen molar-refractivity contribution in [1.82, 2.24) is 0 Å². The van der Waals surface area contributed by atoms with Crippen LogP contribution in [0, 0.1) is 35.3 Å². The number of methoxy groups -OCH3 is 1. The second kappa shape index (κ2) is 10.2. The highest BCUT2D eigenvalue weighted by Crippen LogP contribution is 2.42. The smallest absolute Gasteiger partial charge is 0.204 e. The minimum Gasteiger partial charge on any atom is -0.494 e. The van der Waals surface area contributed by atoms with E-state index in [2.05, 4.69) is 6.08 Å². The van der Waals surface area contributed by atoms with E-state index in [9.17, 15) is 8.78 Å². The lowest BCUT2D eigenvalue weighted by molar-refractivity contribution is 0.174. The van der Waals surface area contributed by atoms with Crippen LogP contribution in [0.1, 0.15) is 77.0 Å². The third kappa shape index (κ3) is 5.18. The number of hydrogen-bond donors (Lipinski definition) is 0. The Kier molecular flexibility index (Phi) is 7.32. The topological polar surface area (TPSA) is 18.5 Å². The van der Waals surface area contributed by atoms with E-state index < -0.39 is 11.6 Å². The molecule has 2 fully saturated rings. The summed E-state index contributed by atoms with van der Waals surface area (Å²) in [6.07, 6.45) is 18.6. The van der Waals surface area contributed by atoms with Gasteiger partial charge in [-0.2, -0.15) is 8.78 Å². The molecule has 3 aliphatic rings. The van der Waals surface area contributed by atoms with Gasteiger partial charge in [0.25, 0.3) is 0 Å². The van der Waals surface area contributed by atoms with Crippen molar-refractivity contribution in [2.45, 2.75) is 77.0 Å². The van der Waals surface area contributed by atoms with E-state index in [-0.39, 0.29) is 11.5 Å². The van der Waals surface area contributed by atoms with Gasteiger partial charge < -0.3 is 9.47 Å². The number of rotatable bonds is 7. The minimum absolute atomic E-state index is 0.0445. The Balaban J connectivity index is 1.21. The zero-order valence-electron chi connectivity index (χ0n) is 18.3. The van der Waals surface area contributed by atoms with Gasteiger partial charge in [0.05, 0.1) is 7.11 Å². The number of benzene rings is 1. The summed E-state index contributed by atoms with van der Waals surface area (Å²) in [5, 5.41) is 0. The van der Waals surface area contributed by atoms with Crippen LogP contribution in [0.5, 0.6) is 11.5 Å². The first-order valence-electron chi connectivity index (χ1n) is 12.0. The number of ether oxygens (including phenoxy) is 2. The molecule has 0 spiro atoms. The first kappa shape index (κ1) is 21.6. The summed E-state index contributed by atoms with van der Waals surface area (Å²) in [5.74, 6) is 1.56. The molecule has 1 unspecified atom stereocenters. The van der Waals surface area contributed by atoms with E-state index >= 15 is 0 Å². The highest BCUT2D eigenvalue weighted by Gasteiger charge is 2.30. The van der Waals surface area contributed by atoms with E-state index in [4.69, 9.17) is 9.47 Å². The summed E-state index contributed by atoms with van der Waals surface area (Å²) < 4.78 is 38.3. The quantitative estimate of drug-likeness (QED) is 0.428. The molecule has 0 bridgehead atoms. The molecule has 4 rings (SSSR count). The Hall–Kier alpha value is -1.58. The normalized spacial score (nSPS) is 27.7. The van der Waals surface area contributed by atoms with Gasteiger partial charge in [0.1, 0.15) is 6.61 Å². The summed E-state index contributed by atoms with van der Waals surface area (Å²) >= 11 is 0. The summed E-state index contributed by atoms with van der Waals surface area (Å²) in [6.45, 7) is 0.337. The maximum absolute atomic E-state index is 14.1. The maximum atomic E-state index is 14.1. The van der Waals surface area contributed by atoms with Crippen molar-refractivity contribution < 1.29 is 18.3 Å². The molecule has 2 nitrogen and oxygen atoms in total. The molecule has 166 valence electrons. The van der Waals surface area contributed by atoms with Crippen LogP contribution in [-0.2, 0) is 0 Å². The largest absolute Gasteiger partial charge is 0.494 e. The molecule has 4 heteroatoms. The standard InChI is InChI=1S/C26H36F2O2/c1-29-23-14-15-24(26(28)25(23)27)30-17-20-8-12-22(13-9-20)21-10-6-19(7-11-21)16-18-4-2-3-5-18/h8,14-15,18-19,21-22H,2-7,9-13,16-17H2,1H3. The van der Waals surface area contributed by atoms with Gasteiger partial charge in [-0.1, -0.05) is 44.6 Å². The van der Waals surface area contributed by atoms with Crippen molar-refractivity contribution in [3.05, 3.63) is 35.4 Å². The van der Waals surface area contributed by atoms with Crippen LogP contribution in [0.4, 0.5) is 8.78 Å². The third-order valence-corrected chi connectivity index (χ3v) is 7.89. The summed E-state index contributed by atoms with van der Waals surface area (Å²) in [7, 11) is 1.32. The maximum Gasteiger partial charge on any atom is 0.204 e. The molecule has 1 atom stereocenters. The third-order valence-electron chi connectivity index (χ3n) is 7.89. The van der Waals surface area contributed by atoms with Crippen molar-refractivity contribution >= 4 is 0 Å². The summed E-state index contributed by atoms with van der Waals surface area (Å²) in [5.41, 5.74) is 1.21. The predicted molar refractivity (Wildman–Crippen MR) is 116 cm³/mol. The van der Waals surface area contributed by atoms with Crippen molar-refractivity contribution in [2.24, 2.45) is 23.7 Å². The lowest BCUT2D eigenvalue weighted by atomic mass is 9.70. The Labute approximate surface area is 180 Å². The van der Waals surface area contributed by atoms with Crippen LogP contribution < -0.4 is 9.47 Å². The fourth-order valence-corrected chi connectivity index (χ4v) is 6.03. The van der Waals surface area contributed by atoms with Crippen LogP contribution in [0.2, 0.25) is 0 Å². The van der Waals surface area contributed by atoms with E-state index in [1.807, 2.05) is 0 Å². The Morgan fingerprint density at radius 1 is 0.833 bits per heavy atom. The Morgan fingerprint density at radius 3 is 2.17 bits per heavy atom. The number of halogens is 2. The monoisotopic (exact) mass is 418 g/mol. The molecule has 0 radical (unpaired) electrons. The van der Waals surface area contributed by atoms with E-state index in [1.54, 1.807) is 0 Å². The van der Waals surface area contributed by atoms with Crippen LogP contribution in [-0.4, -0.2) is 13.7 Å². The van der Waals surface area contributed by atoms with E-state index in [1.165, 1.54) is 89.0 Å². The van der Waals surface area contributed by atoms with Gasteiger partial charge in [-0.3, -0.25) is 0 Å². The van der Waals surface area contributed by atoms with Crippen molar-refractivity contribution in [2.75, 3.05) is 13.7 Å². The van der Waals surface area contributed by atoms with Crippen LogP contribution in [0.3, 0.4) is 0 Å². The molecule has 0 saturated heterocycles. The SMILES string of the molecule is COc1ccc(OCC2=CCC(C3CCC(CC4CCCC4)CC3)CC2)c(F)c1F. The molecule has 0 N–H and O–H groups in total. The number of hydrogen-bond acceptors (Lipinski definition) is 2. The number of allylic oxidation sites excluding steroid dienone is 1. The zero-order valence-corrected chi connectivity index (χ0v) is 18.3. The first-order chi connectivity index (χ1) is 14.6. The van der Waals surface area contributed by atoms with E-state index in [0.717, 1.165) is 36.5 Å². The van der Waals surface area contributed by atoms with Gasteiger partial charge in [0, 0.05) is 0 Å². The Bertz CT molecular complexity index is 731. The van der Waals surface area contributed by atoms with Gasteiger partial charge in [-0.15, -0.1) is 0 Å². The molecule has 3 aliphatic carbocycles. The highest BCUT2D eigenvalue weighted by molar-refractivity contribution is 5.35. The van der Waals surface area contributed by atoms with Gasteiger partial charge in [-0.25, -0.2) is 0 Å². The molecule has 0 amide bonds. The van der Waals surface area contributed by atoms with E-state index in [0.29, 0.717) is 6.61 Å². The minimum atomic E-state index is -0.990. The van der Waals surface area contributed by atoms with Gasteiger partial charge >= 0.3 is 0 Å². The molecule has 1 aromatic rings. The van der Waals surface area contributed by atoms with Crippen LogP contribution in [0.25, 0.3) is 0 Å². The second-order valence-corrected chi connectivity index (χ2v) is 9.75. The highest BCUT2D eigenvalue weighted by atomic mass is 19.2. The fourth-order valence-electron chi connectivity index (χ4n) is 6.03.